The van der Waals surface area contributed by atoms with Crippen LogP contribution in [0.25, 0.3) is 5.69 Å². The van der Waals surface area contributed by atoms with Crippen LogP contribution in [-0.2, 0) is 9.47 Å². The van der Waals surface area contributed by atoms with Crippen LogP contribution in [0.3, 0.4) is 0 Å². The fraction of sp³-hybridized carbons (Fsp3) is 0.214. The molecular weight excluding hydrogens is 276 g/mol. The molecule has 0 saturated heterocycles. The van der Waals surface area contributed by atoms with Crippen molar-refractivity contribution in [3.05, 3.63) is 41.5 Å². The summed E-state index contributed by atoms with van der Waals surface area (Å²) in [6.07, 6.45) is 0. The van der Waals surface area contributed by atoms with Gasteiger partial charge in [-0.25, -0.2) is 14.6 Å². The number of phenolic OH excluding ortho intramolecular Hbond substituents is 1. The van der Waals surface area contributed by atoms with Crippen LogP contribution < -0.4 is 0 Å². The fourth-order valence-corrected chi connectivity index (χ4v) is 2.00. The lowest BCUT2D eigenvalue weighted by Gasteiger charge is -2.11. The highest BCUT2D eigenvalue weighted by Gasteiger charge is 2.28. The van der Waals surface area contributed by atoms with Crippen molar-refractivity contribution in [3.8, 4) is 11.4 Å². The Bertz CT molecular complexity index is 705. The first-order chi connectivity index (χ1) is 10.0. The van der Waals surface area contributed by atoms with E-state index < -0.39 is 11.9 Å². The molecule has 0 spiro atoms. The number of nitrogens with zero attached hydrogens (tertiary/aromatic N) is 2. The first kappa shape index (κ1) is 14.6. The summed E-state index contributed by atoms with van der Waals surface area (Å²) >= 11 is 0. The van der Waals surface area contributed by atoms with Gasteiger partial charge in [0.25, 0.3) is 0 Å². The van der Waals surface area contributed by atoms with E-state index in [0.717, 1.165) is 0 Å². The zero-order chi connectivity index (χ0) is 15.6. The molecule has 0 fully saturated rings. The monoisotopic (exact) mass is 290 g/mol. The van der Waals surface area contributed by atoms with Crippen molar-refractivity contribution < 1.29 is 24.2 Å². The Kier molecular flexibility index (Phi) is 3.93. The van der Waals surface area contributed by atoms with Gasteiger partial charge in [-0.05, 0) is 19.1 Å². The largest absolute Gasteiger partial charge is 0.506 e. The minimum atomic E-state index is -0.757. The number of aromatic nitrogens is 2. The second-order valence-electron chi connectivity index (χ2n) is 4.16. The van der Waals surface area contributed by atoms with Gasteiger partial charge in [-0.15, -0.1) is 0 Å². The highest BCUT2D eigenvalue weighted by Crippen LogP contribution is 2.26. The number of aryl methyl sites for hydroxylation is 1. The molecule has 0 bridgehead atoms. The lowest BCUT2D eigenvalue weighted by molar-refractivity contribution is 0.0546. The van der Waals surface area contributed by atoms with Crippen LogP contribution >= 0.6 is 0 Å². The summed E-state index contributed by atoms with van der Waals surface area (Å²) in [5.74, 6) is -1.22. The van der Waals surface area contributed by atoms with Gasteiger partial charge in [-0.2, -0.15) is 0 Å². The first-order valence-corrected chi connectivity index (χ1v) is 6.05. The molecule has 2 rings (SSSR count). The van der Waals surface area contributed by atoms with E-state index in [-0.39, 0.29) is 17.1 Å². The molecule has 0 radical (unpaired) electrons. The van der Waals surface area contributed by atoms with Crippen molar-refractivity contribution in [1.82, 2.24) is 9.55 Å². The maximum absolute atomic E-state index is 12.0. The van der Waals surface area contributed by atoms with Crippen LogP contribution in [0.4, 0.5) is 0 Å². The number of hydrogen-bond donors (Lipinski definition) is 1. The van der Waals surface area contributed by atoms with Gasteiger partial charge in [-0.1, -0.05) is 12.1 Å². The van der Waals surface area contributed by atoms with E-state index >= 15 is 0 Å². The van der Waals surface area contributed by atoms with Gasteiger partial charge in [0, 0.05) is 0 Å². The molecule has 1 N–H and O–H groups in total. The van der Waals surface area contributed by atoms with E-state index in [1.165, 1.54) is 24.9 Å². The standard InChI is InChI=1S/C14H14N2O5/c1-8-15-11(13(18)20-2)12(14(19)21-3)16(8)9-6-4-5-7-10(9)17/h4-7,17H,1-3H3. The molecule has 7 heteroatoms. The Morgan fingerprint density at radius 1 is 1.14 bits per heavy atom. The molecule has 0 saturated carbocycles. The number of para-hydroxylation sites is 2. The van der Waals surface area contributed by atoms with Crippen LogP contribution in [-0.4, -0.2) is 40.8 Å². The van der Waals surface area contributed by atoms with Gasteiger partial charge in [-0.3, -0.25) is 4.57 Å². The van der Waals surface area contributed by atoms with Gasteiger partial charge < -0.3 is 14.6 Å². The van der Waals surface area contributed by atoms with Gasteiger partial charge >= 0.3 is 11.9 Å². The number of aromatic hydroxyl groups is 1. The predicted molar refractivity (Wildman–Crippen MR) is 72.6 cm³/mol. The first-order valence-electron chi connectivity index (χ1n) is 6.05. The van der Waals surface area contributed by atoms with Gasteiger partial charge in [0.1, 0.15) is 11.6 Å². The molecule has 21 heavy (non-hydrogen) atoms. The molecule has 7 nitrogen and oxygen atoms in total. The van der Waals surface area contributed by atoms with E-state index in [2.05, 4.69) is 9.72 Å². The molecule has 1 aromatic carbocycles. The lowest BCUT2D eigenvalue weighted by Crippen LogP contribution is -2.15. The normalized spacial score (nSPS) is 10.2. The minimum absolute atomic E-state index is 0.0560. The predicted octanol–water partition coefficient (Wildman–Crippen LogP) is 1.46. The topological polar surface area (TPSA) is 90.6 Å². The Balaban J connectivity index is 2.77. The number of carbonyl (C=O) groups excluding carboxylic acids is 2. The van der Waals surface area contributed by atoms with Crippen molar-refractivity contribution in [3.63, 3.8) is 0 Å². The van der Waals surface area contributed by atoms with Crippen molar-refractivity contribution in [2.24, 2.45) is 0 Å². The van der Waals surface area contributed by atoms with Crippen molar-refractivity contribution in [2.75, 3.05) is 14.2 Å². The van der Waals surface area contributed by atoms with Gasteiger partial charge in [0.05, 0.1) is 19.9 Å². The third kappa shape index (κ3) is 2.45. The third-order valence-electron chi connectivity index (χ3n) is 2.93. The molecule has 110 valence electrons. The van der Waals surface area contributed by atoms with Crippen LogP contribution in [0.2, 0.25) is 0 Å². The van der Waals surface area contributed by atoms with Crippen molar-refractivity contribution in [1.29, 1.82) is 0 Å². The molecule has 0 aliphatic rings. The third-order valence-corrected chi connectivity index (χ3v) is 2.93. The number of esters is 2. The molecule has 0 aliphatic heterocycles. The van der Waals surface area contributed by atoms with E-state index in [9.17, 15) is 14.7 Å². The molecule has 0 atom stereocenters. The Hall–Kier alpha value is -2.83. The van der Waals surface area contributed by atoms with E-state index in [4.69, 9.17) is 4.74 Å². The highest BCUT2D eigenvalue weighted by atomic mass is 16.5. The summed E-state index contributed by atoms with van der Waals surface area (Å²) in [6, 6.07) is 6.39. The Labute approximate surface area is 120 Å². The second kappa shape index (κ2) is 5.66. The summed E-state index contributed by atoms with van der Waals surface area (Å²) < 4.78 is 10.7. The maximum atomic E-state index is 12.0. The molecule has 0 aliphatic carbocycles. The van der Waals surface area contributed by atoms with Crippen LogP contribution in [0.1, 0.15) is 26.8 Å². The zero-order valence-corrected chi connectivity index (χ0v) is 11.8. The molecule has 2 aromatic rings. The smallest absolute Gasteiger partial charge is 0.359 e. The van der Waals surface area contributed by atoms with Crippen LogP contribution in [0.5, 0.6) is 5.75 Å². The summed E-state index contributed by atoms with van der Waals surface area (Å²) in [5, 5.41) is 9.96. The van der Waals surface area contributed by atoms with Gasteiger partial charge in [0.15, 0.2) is 11.4 Å². The van der Waals surface area contributed by atoms with Crippen LogP contribution in [0.15, 0.2) is 24.3 Å². The quantitative estimate of drug-likeness (QED) is 0.861. The van der Waals surface area contributed by atoms with Crippen molar-refractivity contribution >= 4 is 11.9 Å². The SMILES string of the molecule is COC(=O)c1nc(C)n(-c2ccccc2O)c1C(=O)OC. The number of rotatable bonds is 3. The number of ether oxygens (including phenoxy) is 2. The number of benzene rings is 1. The minimum Gasteiger partial charge on any atom is -0.506 e. The summed E-state index contributed by atoms with van der Waals surface area (Å²) in [7, 11) is 2.39. The van der Waals surface area contributed by atoms with E-state index in [1.807, 2.05) is 0 Å². The summed E-state index contributed by atoms with van der Waals surface area (Å²) in [5.41, 5.74) is 0.0616. The number of imidazole rings is 1. The zero-order valence-electron chi connectivity index (χ0n) is 11.8. The second-order valence-corrected chi connectivity index (χ2v) is 4.16. The van der Waals surface area contributed by atoms with Crippen molar-refractivity contribution in [2.45, 2.75) is 6.92 Å². The Morgan fingerprint density at radius 2 is 1.76 bits per heavy atom. The number of hydrogen-bond acceptors (Lipinski definition) is 6. The molecular formula is C14H14N2O5. The number of carbonyl (C=O) groups is 2. The lowest BCUT2D eigenvalue weighted by atomic mass is 10.2. The average molecular weight is 290 g/mol. The molecule has 0 unspecified atom stereocenters. The fourth-order valence-electron chi connectivity index (χ4n) is 2.00. The summed E-state index contributed by atoms with van der Waals surface area (Å²) in [6.45, 7) is 1.60. The highest BCUT2D eigenvalue weighted by molar-refractivity contribution is 6.01. The number of phenols is 1. The Morgan fingerprint density at radius 3 is 2.33 bits per heavy atom. The van der Waals surface area contributed by atoms with E-state index in [0.29, 0.717) is 11.5 Å². The molecule has 1 heterocycles. The molecule has 0 amide bonds. The molecule has 1 aromatic heterocycles. The van der Waals surface area contributed by atoms with E-state index in [1.54, 1.807) is 25.1 Å². The average Bonchev–Trinajstić information content (AvgIpc) is 2.83. The van der Waals surface area contributed by atoms with Gasteiger partial charge in [0.2, 0.25) is 0 Å². The summed E-state index contributed by atoms with van der Waals surface area (Å²) in [4.78, 5) is 27.8. The maximum Gasteiger partial charge on any atom is 0.359 e. The number of methoxy groups -OCH3 is 2. The van der Waals surface area contributed by atoms with Crippen LogP contribution in [0, 0.1) is 6.92 Å².